The van der Waals surface area contributed by atoms with Crippen LogP contribution in [0, 0.1) is 50.2 Å². The second-order valence-electron chi connectivity index (χ2n) is 25.2. The van der Waals surface area contributed by atoms with E-state index in [0.717, 1.165) is 18.4 Å². The quantitative estimate of drug-likeness (QED) is 0.0603. The zero-order valence-electron chi connectivity index (χ0n) is 44.9. The summed E-state index contributed by atoms with van der Waals surface area (Å²) in [6.45, 7) is 19.7. The van der Waals surface area contributed by atoms with E-state index in [1.807, 2.05) is 13.8 Å². The van der Waals surface area contributed by atoms with Crippen LogP contribution in [0.5, 0.6) is 0 Å². The number of esters is 2. The summed E-state index contributed by atoms with van der Waals surface area (Å²) in [6.07, 6.45) is -17.3. The molecule has 3 aliphatic heterocycles. The van der Waals surface area contributed by atoms with Crippen molar-refractivity contribution in [1.29, 1.82) is 0 Å². The number of hydrogen-bond donors (Lipinski definition) is 10. The summed E-state index contributed by atoms with van der Waals surface area (Å²) in [5, 5.41) is 111. The van der Waals surface area contributed by atoms with Crippen molar-refractivity contribution in [2.45, 2.75) is 232 Å². The third-order valence-corrected chi connectivity index (χ3v) is 20.5. The average molecular weight is 1060 g/mol. The summed E-state index contributed by atoms with van der Waals surface area (Å²) in [5.74, 6) is -1.45. The first kappa shape index (κ1) is 57.9. The molecule has 0 radical (unpaired) electrons. The molecule has 0 aromatic rings. The van der Waals surface area contributed by atoms with Crippen LogP contribution >= 0.6 is 0 Å². The van der Waals surface area contributed by atoms with E-state index in [1.165, 1.54) is 13.8 Å². The molecule has 7 fully saturated rings. The Kier molecular flexibility index (Phi) is 16.3. The zero-order chi connectivity index (χ0) is 54.6. The predicted molar refractivity (Wildman–Crippen MR) is 260 cm³/mol. The van der Waals surface area contributed by atoms with Crippen LogP contribution in [0.1, 0.15) is 121 Å². The van der Waals surface area contributed by atoms with Crippen molar-refractivity contribution in [2.24, 2.45) is 50.2 Å². The molecule has 74 heavy (non-hydrogen) atoms. The van der Waals surface area contributed by atoms with Gasteiger partial charge in [-0.05, 0) is 105 Å². The molecule has 4 saturated carbocycles. The number of aliphatic hydroxyl groups is 10. The van der Waals surface area contributed by atoms with Gasteiger partial charge in [0.1, 0.15) is 73.2 Å². The van der Waals surface area contributed by atoms with Gasteiger partial charge in [0, 0.05) is 17.9 Å². The van der Waals surface area contributed by atoms with Crippen molar-refractivity contribution < 1.29 is 98.5 Å². The molecule has 5 aliphatic carbocycles. The molecule has 0 unspecified atom stereocenters. The topological polar surface area (TPSA) is 310 Å². The Bertz CT molecular complexity index is 2120. The van der Waals surface area contributed by atoms with Gasteiger partial charge in [-0.2, -0.15) is 0 Å². The van der Waals surface area contributed by atoms with E-state index in [0.29, 0.717) is 31.3 Å². The smallest absolute Gasteiger partial charge is 0.333 e. The summed E-state index contributed by atoms with van der Waals surface area (Å²) in [4.78, 5) is 26.4. The predicted octanol–water partition coefficient (Wildman–Crippen LogP) is 1.28. The van der Waals surface area contributed by atoms with Crippen LogP contribution in [0.3, 0.4) is 0 Å². The van der Waals surface area contributed by atoms with Gasteiger partial charge in [0.2, 0.25) is 0 Å². The van der Waals surface area contributed by atoms with Gasteiger partial charge in [-0.15, -0.1) is 0 Å². The van der Waals surface area contributed by atoms with Crippen molar-refractivity contribution in [3.8, 4) is 0 Å². The Morgan fingerprint density at radius 3 is 2.03 bits per heavy atom. The van der Waals surface area contributed by atoms with Crippen LogP contribution in [0.25, 0.3) is 0 Å². The third-order valence-electron chi connectivity index (χ3n) is 20.5. The van der Waals surface area contributed by atoms with Gasteiger partial charge < -0.3 is 89.0 Å². The lowest BCUT2D eigenvalue weighted by molar-refractivity contribution is -0.394. The number of rotatable bonds is 11. The van der Waals surface area contributed by atoms with Gasteiger partial charge in [-0.1, -0.05) is 66.2 Å². The van der Waals surface area contributed by atoms with Crippen LogP contribution in [0.2, 0.25) is 0 Å². The molecule has 8 rings (SSSR count). The second kappa shape index (κ2) is 20.8. The second-order valence-corrected chi connectivity index (χ2v) is 25.2. The summed E-state index contributed by atoms with van der Waals surface area (Å²) in [7, 11) is 0. The first-order valence-corrected chi connectivity index (χ1v) is 26.8. The molecule has 3 heterocycles. The van der Waals surface area contributed by atoms with E-state index in [-0.39, 0.29) is 29.1 Å². The fraction of sp³-hybridized carbons (Fsp3) is 0.889. The van der Waals surface area contributed by atoms with Crippen molar-refractivity contribution in [3.05, 3.63) is 23.3 Å². The number of allylic oxidation sites excluding steroid dienone is 3. The van der Waals surface area contributed by atoms with Crippen LogP contribution < -0.4 is 0 Å². The van der Waals surface area contributed by atoms with Gasteiger partial charge in [0.25, 0.3) is 0 Å². The Morgan fingerprint density at radius 1 is 0.730 bits per heavy atom. The summed E-state index contributed by atoms with van der Waals surface area (Å²) in [6, 6.07) is 0. The third kappa shape index (κ3) is 9.17. The van der Waals surface area contributed by atoms with Crippen molar-refractivity contribution in [1.82, 2.24) is 0 Å². The molecule has 0 bridgehead atoms. The standard InChI is InChI=1S/C54H86O20/c1-12-24(2)45(66)74-43-44(69-26(4)57)54(23-56)28(19-49(43,5)6)27-13-14-32-51(9)17-16-34(50(7,8)31(51)15-18-52(32,10)53(27,11)20-33(54)59)71-48-42(73-46-39(64)36(61)29(58)22-67-46)41(37(62)30(21-55)70-48)72-47-40(65)38(63)35(60)25(3)68-47/h12-13,25,28-44,46-48,55-56,58-65H,14-23H2,1-11H3/t25-,28+,29+,30+,31-,32+,33+,34-,35-,36-,37+,38+,39+,40+,41-,42+,43-,44-,46-,47+,48-,51-,52+,53+,54-/m0/s1. The number of carbonyl (C=O) groups excluding carboxylic acids is 2. The van der Waals surface area contributed by atoms with E-state index in [1.54, 1.807) is 19.9 Å². The molecule has 0 spiro atoms. The molecule has 25 atom stereocenters. The monoisotopic (exact) mass is 1050 g/mol. The zero-order valence-corrected chi connectivity index (χ0v) is 44.9. The van der Waals surface area contributed by atoms with Gasteiger partial charge >= 0.3 is 11.9 Å². The van der Waals surface area contributed by atoms with E-state index in [9.17, 15) is 60.7 Å². The number of ether oxygens (including phenoxy) is 8. The van der Waals surface area contributed by atoms with Gasteiger partial charge in [-0.25, -0.2) is 4.79 Å². The lowest BCUT2D eigenvalue weighted by atomic mass is 9.33. The number of aliphatic hydroxyl groups excluding tert-OH is 10. The van der Waals surface area contributed by atoms with Gasteiger partial charge in [-0.3, -0.25) is 4.79 Å². The van der Waals surface area contributed by atoms with Crippen molar-refractivity contribution >= 4 is 11.9 Å². The van der Waals surface area contributed by atoms with E-state index in [2.05, 4.69) is 40.7 Å². The van der Waals surface area contributed by atoms with Crippen LogP contribution in [-0.2, 0) is 47.5 Å². The maximum Gasteiger partial charge on any atom is 0.333 e. The fourth-order valence-corrected chi connectivity index (χ4v) is 15.9. The molecule has 3 saturated heterocycles. The summed E-state index contributed by atoms with van der Waals surface area (Å²) < 4.78 is 49.6. The van der Waals surface area contributed by atoms with Gasteiger partial charge in [0.15, 0.2) is 18.9 Å². The number of hydrogen-bond acceptors (Lipinski definition) is 20. The highest BCUT2D eigenvalue weighted by atomic mass is 16.8. The lowest BCUT2D eigenvalue weighted by Gasteiger charge is -2.72. The minimum atomic E-state index is -1.80. The fourth-order valence-electron chi connectivity index (χ4n) is 15.9. The number of fused-ring (bicyclic) bond motifs is 7. The summed E-state index contributed by atoms with van der Waals surface area (Å²) in [5.41, 5.74) is -2.43. The maximum atomic E-state index is 13.4. The van der Waals surface area contributed by atoms with Crippen molar-refractivity contribution in [3.63, 3.8) is 0 Å². The first-order valence-electron chi connectivity index (χ1n) is 26.8. The number of carbonyl (C=O) groups is 2. The largest absolute Gasteiger partial charge is 0.458 e. The van der Waals surface area contributed by atoms with Crippen LogP contribution in [-0.4, -0.2) is 193 Å². The Balaban J connectivity index is 1.10. The van der Waals surface area contributed by atoms with E-state index >= 15 is 0 Å². The maximum absolute atomic E-state index is 13.4. The highest BCUT2D eigenvalue weighted by Gasteiger charge is 2.74. The SMILES string of the molecule is CC=C(C)C(=O)O[C@H]1[C@H](OC(C)=O)[C@]2(CO)[C@H](O)C[C@]3(C)C(=CC[C@@H]4[C@@]5(C)CC[C@H](O[C@@H]6O[C@H](CO)[C@@H](O)[C@H](O[C@H]7O[C@@H](C)[C@H](O)[C@@H](O)[C@H]7O)[C@H]6O[C@@H]6OC[C@@H](O)[C@H](O)[C@H]6O)C(C)(C)[C@@H]5CC[C@]43C)[C@H]2CC1(C)C. The lowest BCUT2D eigenvalue weighted by Crippen LogP contribution is -2.72. The van der Waals surface area contributed by atoms with Crippen LogP contribution in [0.4, 0.5) is 0 Å². The molecular weight excluding hydrogens is 969 g/mol. The summed E-state index contributed by atoms with van der Waals surface area (Å²) >= 11 is 0. The van der Waals surface area contributed by atoms with E-state index in [4.69, 9.17) is 37.9 Å². The molecular formula is C54H86O20. The molecule has 0 aromatic heterocycles. The molecule has 20 nitrogen and oxygen atoms in total. The highest BCUT2D eigenvalue weighted by Crippen LogP contribution is 2.76. The normalized spacial score (nSPS) is 51.0. The molecule has 10 N–H and O–H groups in total. The minimum Gasteiger partial charge on any atom is -0.458 e. The van der Waals surface area contributed by atoms with Crippen molar-refractivity contribution in [2.75, 3.05) is 19.8 Å². The van der Waals surface area contributed by atoms with Crippen LogP contribution in [0.15, 0.2) is 23.3 Å². The molecule has 422 valence electrons. The first-order chi connectivity index (χ1) is 34.5. The minimum absolute atomic E-state index is 0.0445. The Labute approximate surface area is 434 Å². The van der Waals surface area contributed by atoms with E-state index < -0.39 is 170 Å². The Morgan fingerprint density at radius 2 is 1.39 bits per heavy atom. The molecule has 8 aliphatic rings. The highest BCUT2D eigenvalue weighted by molar-refractivity contribution is 5.87. The Hall–Kier alpha value is -2.22. The molecule has 0 aromatic carbocycles. The molecule has 0 amide bonds. The van der Waals surface area contributed by atoms with Gasteiger partial charge in [0.05, 0.1) is 43.5 Å². The average Bonchev–Trinajstić information content (AvgIpc) is 3.33. The molecule has 20 heteroatoms.